The summed E-state index contributed by atoms with van der Waals surface area (Å²) < 4.78 is 37.7. The fraction of sp³-hybridized carbons (Fsp3) is 0. The molecular formula is C51H34N4. The first-order valence-electron chi connectivity index (χ1n) is 20.2. The molecule has 4 nitrogen and oxygen atoms in total. The summed E-state index contributed by atoms with van der Waals surface area (Å²) in [5, 5.41) is 1.27. The lowest BCUT2D eigenvalue weighted by atomic mass is 9.92. The van der Waals surface area contributed by atoms with E-state index in [0.717, 1.165) is 66.7 Å². The van der Waals surface area contributed by atoms with Crippen LogP contribution in [0.2, 0.25) is 0 Å². The summed E-state index contributed by atoms with van der Waals surface area (Å²) in [5.41, 5.74) is 10.7. The lowest BCUT2D eigenvalue weighted by Crippen LogP contribution is -2.00. The summed E-state index contributed by atoms with van der Waals surface area (Å²) in [5.74, 6) is 1.80. The standard InChI is InChI=1S/C51H34N4/c1-4-15-37(16-5-1)42-21-10-11-22-43(42)44-24-14-26-47-48(44)45-23-12-13-25-46(45)55(47)41-33-31-36(32-34-41)35-27-29-40(30-28-35)51-53-49(38-17-6-2-7-18-38)52-50(54-51)39-19-8-3-9-20-39/h1-34H/i12D,13D,23D,25D. The number of para-hydroxylation sites is 1. The second kappa shape index (κ2) is 13.8. The predicted octanol–water partition coefficient (Wildman–Crippen LogP) is 13.0. The lowest BCUT2D eigenvalue weighted by molar-refractivity contribution is 1.07. The van der Waals surface area contributed by atoms with Crippen LogP contribution >= 0.6 is 0 Å². The van der Waals surface area contributed by atoms with Crippen LogP contribution in [0.4, 0.5) is 0 Å². The van der Waals surface area contributed by atoms with Crippen molar-refractivity contribution in [2.45, 2.75) is 0 Å². The molecule has 55 heavy (non-hydrogen) atoms. The summed E-state index contributed by atoms with van der Waals surface area (Å²) in [6, 6.07) is 59.9. The van der Waals surface area contributed by atoms with Crippen molar-refractivity contribution in [3.05, 3.63) is 206 Å². The van der Waals surface area contributed by atoms with Crippen molar-refractivity contribution >= 4 is 21.8 Å². The van der Waals surface area contributed by atoms with Gasteiger partial charge in [0.25, 0.3) is 0 Å². The Kier molecular flexibility index (Phi) is 7.08. The molecule has 0 saturated carbocycles. The van der Waals surface area contributed by atoms with Gasteiger partial charge in [-0.3, -0.25) is 0 Å². The minimum Gasteiger partial charge on any atom is -0.309 e. The van der Waals surface area contributed by atoms with Gasteiger partial charge in [-0.2, -0.15) is 0 Å². The Morgan fingerprint density at radius 3 is 1.40 bits per heavy atom. The van der Waals surface area contributed by atoms with Gasteiger partial charge in [0.15, 0.2) is 17.5 Å². The van der Waals surface area contributed by atoms with Crippen molar-refractivity contribution < 1.29 is 5.48 Å². The molecule has 0 bridgehead atoms. The highest BCUT2D eigenvalue weighted by Crippen LogP contribution is 2.42. The maximum absolute atomic E-state index is 9.18. The highest BCUT2D eigenvalue weighted by Gasteiger charge is 2.18. The maximum Gasteiger partial charge on any atom is 0.164 e. The maximum atomic E-state index is 9.18. The molecule has 2 aromatic heterocycles. The number of hydrogen-bond donors (Lipinski definition) is 0. The third-order valence-electron chi connectivity index (χ3n) is 10.0. The van der Waals surface area contributed by atoms with Gasteiger partial charge in [-0.25, -0.2) is 15.0 Å². The fourth-order valence-corrected chi connectivity index (χ4v) is 7.40. The summed E-state index contributed by atoms with van der Waals surface area (Å²) in [6.45, 7) is 0. The predicted molar refractivity (Wildman–Crippen MR) is 227 cm³/mol. The van der Waals surface area contributed by atoms with Gasteiger partial charge in [0, 0.05) is 33.2 Å². The van der Waals surface area contributed by atoms with Crippen LogP contribution in [-0.2, 0) is 0 Å². The van der Waals surface area contributed by atoms with Crippen LogP contribution in [0.25, 0.3) is 95.0 Å². The van der Waals surface area contributed by atoms with E-state index in [2.05, 4.69) is 36.4 Å². The number of nitrogens with zero attached hydrogens (tertiary/aromatic N) is 4. The minimum absolute atomic E-state index is 0.0592. The first-order chi connectivity index (χ1) is 28.9. The van der Waals surface area contributed by atoms with E-state index < -0.39 is 0 Å². The molecule has 10 rings (SSSR count). The Morgan fingerprint density at radius 2 is 0.800 bits per heavy atom. The molecule has 0 fully saturated rings. The zero-order chi connectivity index (χ0) is 40.0. The zero-order valence-electron chi connectivity index (χ0n) is 33.6. The molecule has 0 radical (unpaired) electrons. The highest BCUT2D eigenvalue weighted by molar-refractivity contribution is 6.16. The van der Waals surface area contributed by atoms with Gasteiger partial charge >= 0.3 is 0 Å². The molecular weight excluding hydrogens is 669 g/mol. The van der Waals surface area contributed by atoms with Gasteiger partial charge in [-0.1, -0.05) is 182 Å². The van der Waals surface area contributed by atoms with Crippen LogP contribution in [0.3, 0.4) is 0 Å². The van der Waals surface area contributed by atoms with Crippen LogP contribution in [-0.4, -0.2) is 19.5 Å². The highest BCUT2D eigenvalue weighted by atomic mass is 15.0. The first kappa shape index (κ1) is 28.1. The van der Waals surface area contributed by atoms with Crippen molar-refractivity contribution in [1.82, 2.24) is 19.5 Å². The molecule has 0 unspecified atom stereocenters. The van der Waals surface area contributed by atoms with E-state index in [0.29, 0.717) is 28.4 Å². The monoisotopic (exact) mass is 706 g/mol. The van der Waals surface area contributed by atoms with E-state index in [9.17, 15) is 1.37 Å². The van der Waals surface area contributed by atoms with Crippen molar-refractivity contribution in [2.75, 3.05) is 0 Å². The van der Waals surface area contributed by atoms with Gasteiger partial charge in [-0.05, 0) is 57.6 Å². The zero-order valence-corrected chi connectivity index (χ0v) is 29.6. The lowest BCUT2D eigenvalue weighted by Gasteiger charge is -2.13. The Labute approximate surface area is 325 Å². The molecule has 4 heteroatoms. The fourth-order valence-electron chi connectivity index (χ4n) is 7.40. The molecule has 0 aliphatic rings. The largest absolute Gasteiger partial charge is 0.309 e. The molecule has 0 aliphatic carbocycles. The van der Waals surface area contributed by atoms with E-state index in [1.807, 2.05) is 150 Å². The number of fused-ring (bicyclic) bond motifs is 3. The van der Waals surface area contributed by atoms with Gasteiger partial charge in [-0.15, -0.1) is 0 Å². The summed E-state index contributed by atoms with van der Waals surface area (Å²) in [4.78, 5) is 14.6. The normalized spacial score (nSPS) is 12.3. The number of rotatable bonds is 7. The smallest absolute Gasteiger partial charge is 0.164 e. The molecule has 2 heterocycles. The molecule has 0 atom stereocenters. The quantitative estimate of drug-likeness (QED) is 0.166. The molecule has 0 saturated heterocycles. The van der Waals surface area contributed by atoms with Crippen LogP contribution in [0.1, 0.15) is 5.48 Å². The molecule has 10 aromatic rings. The topological polar surface area (TPSA) is 43.6 Å². The second-order valence-electron chi connectivity index (χ2n) is 13.3. The SMILES string of the molecule is [2H]c1c([2H])c([2H])c2c(c1[2H])c1c(-c3ccccc3-c3ccccc3)cccc1n2-c1ccc(-c2ccc(-c3nc(-c4ccccc4)nc(-c4ccccc4)n3)cc2)cc1. The van der Waals surface area contributed by atoms with Crippen LogP contribution < -0.4 is 0 Å². The van der Waals surface area contributed by atoms with Crippen LogP contribution in [0, 0.1) is 0 Å². The summed E-state index contributed by atoms with van der Waals surface area (Å²) in [6.07, 6.45) is 0. The third kappa shape index (κ3) is 5.96. The van der Waals surface area contributed by atoms with E-state index in [1.54, 1.807) is 0 Å². The van der Waals surface area contributed by atoms with Crippen molar-refractivity contribution in [3.63, 3.8) is 0 Å². The second-order valence-corrected chi connectivity index (χ2v) is 13.3. The average molecular weight is 707 g/mol. The number of hydrogen-bond acceptors (Lipinski definition) is 3. The summed E-state index contributed by atoms with van der Waals surface area (Å²) in [7, 11) is 0. The molecule has 0 amide bonds. The Hall–Kier alpha value is -7.43. The van der Waals surface area contributed by atoms with E-state index in [4.69, 9.17) is 19.1 Å². The Morgan fingerprint density at radius 1 is 0.345 bits per heavy atom. The van der Waals surface area contributed by atoms with E-state index in [1.165, 1.54) is 0 Å². The first-order valence-corrected chi connectivity index (χ1v) is 18.2. The van der Waals surface area contributed by atoms with Crippen molar-refractivity contribution in [3.8, 4) is 73.2 Å². The molecule has 8 aromatic carbocycles. The Balaban J connectivity index is 1.07. The van der Waals surface area contributed by atoms with E-state index >= 15 is 0 Å². The molecule has 0 aliphatic heterocycles. The molecule has 0 N–H and O–H groups in total. The molecule has 0 spiro atoms. The van der Waals surface area contributed by atoms with Gasteiger partial charge < -0.3 is 4.57 Å². The van der Waals surface area contributed by atoms with Gasteiger partial charge in [0.2, 0.25) is 0 Å². The average Bonchev–Trinajstić information content (AvgIpc) is 3.67. The van der Waals surface area contributed by atoms with Crippen molar-refractivity contribution in [1.29, 1.82) is 0 Å². The Bertz CT molecular complexity index is 3110. The van der Waals surface area contributed by atoms with Crippen LogP contribution in [0.15, 0.2) is 206 Å². The van der Waals surface area contributed by atoms with Gasteiger partial charge in [0.05, 0.1) is 16.5 Å². The van der Waals surface area contributed by atoms with E-state index in [-0.39, 0.29) is 24.2 Å². The number of aromatic nitrogens is 4. The van der Waals surface area contributed by atoms with Gasteiger partial charge in [0.1, 0.15) is 0 Å². The molecule has 258 valence electrons. The minimum atomic E-state index is -0.264. The number of benzene rings is 8. The summed E-state index contributed by atoms with van der Waals surface area (Å²) >= 11 is 0. The van der Waals surface area contributed by atoms with Crippen LogP contribution in [0.5, 0.6) is 0 Å². The third-order valence-corrected chi connectivity index (χ3v) is 10.0. The van der Waals surface area contributed by atoms with Crippen molar-refractivity contribution in [2.24, 2.45) is 0 Å².